The molecule has 1 amide bonds. The summed E-state index contributed by atoms with van der Waals surface area (Å²) in [6, 6.07) is 15.3. The van der Waals surface area contributed by atoms with Gasteiger partial charge in [-0.1, -0.05) is 41.9 Å². The Morgan fingerprint density at radius 3 is 2.53 bits per heavy atom. The smallest absolute Gasteiger partial charge is 0.494 e. The summed E-state index contributed by atoms with van der Waals surface area (Å²) in [5.74, 6) is -2.07. The van der Waals surface area contributed by atoms with Crippen LogP contribution in [0.5, 0.6) is 17.2 Å². The van der Waals surface area contributed by atoms with Crippen molar-refractivity contribution in [3.63, 3.8) is 0 Å². The van der Waals surface area contributed by atoms with E-state index in [4.69, 9.17) is 16.3 Å². The van der Waals surface area contributed by atoms with Crippen LogP contribution < -0.4 is 19.5 Å². The van der Waals surface area contributed by atoms with Crippen LogP contribution in [0, 0.1) is 5.82 Å². The summed E-state index contributed by atoms with van der Waals surface area (Å²) < 4.78 is 60.4. The maximum Gasteiger partial charge on any atom is 0.586 e. The van der Waals surface area contributed by atoms with E-state index in [2.05, 4.69) is 24.9 Å². The highest BCUT2D eigenvalue weighted by Crippen LogP contribution is 2.50. The van der Waals surface area contributed by atoms with Gasteiger partial charge in [-0.05, 0) is 62.6 Å². The number of pyridine rings is 1. The van der Waals surface area contributed by atoms with E-state index in [1.165, 1.54) is 33.1 Å². The van der Waals surface area contributed by atoms with Crippen molar-refractivity contribution in [3.8, 4) is 28.5 Å². The first-order valence-corrected chi connectivity index (χ1v) is 15.7. The van der Waals surface area contributed by atoms with Gasteiger partial charge < -0.3 is 29.7 Å². The molecule has 3 N–H and O–H groups in total. The molecule has 1 atom stereocenters. The molecule has 1 fully saturated rings. The van der Waals surface area contributed by atoms with Gasteiger partial charge in [-0.2, -0.15) is 5.10 Å². The van der Waals surface area contributed by atoms with Gasteiger partial charge in [0.05, 0.1) is 36.0 Å². The lowest BCUT2D eigenvalue weighted by atomic mass is 9.86. The number of rotatable bonds is 9. The van der Waals surface area contributed by atoms with Gasteiger partial charge >= 0.3 is 6.29 Å². The van der Waals surface area contributed by atoms with E-state index in [1.807, 2.05) is 10.9 Å². The highest BCUT2D eigenvalue weighted by molar-refractivity contribution is 6.35. The fourth-order valence-electron chi connectivity index (χ4n) is 5.83. The third-order valence-corrected chi connectivity index (χ3v) is 8.93. The lowest BCUT2D eigenvalue weighted by Gasteiger charge is -2.31. The van der Waals surface area contributed by atoms with Gasteiger partial charge in [0.2, 0.25) is 0 Å². The number of halogens is 4. The van der Waals surface area contributed by atoms with E-state index in [9.17, 15) is 23.8 Å². The Hall–Kier alpha value is -4.85. The molecule has 2 aliphatic rings. The lowest BCUT2D eigenvalue weighted by molar-refractivity contribution is -0.286. The van der Waals surface area contributed by atoms with Crippen molar-refractivity contribution in [2.45, 2.75) is 50.2 Å². The predicted molar refractivity (Wildman–Crippen MR) is 172 cm³/mol. The van der Waals surface area contributed by atoms with Crippen molar-refractivity contribution in [1.29, 1.82) is 0 Å². The summed E-state index contributed by atoms with van der Waals surface area (Å²) in [6.07, 6.45) is -0.0918. The third-order valence-electron chi connectivity index (χ3n) is 8.56. The Labute approximate surface area is 283 Å². The molecule has 0 spiro atoms. The quantitative estimate of drug-likeness (QED) is 0.161. The number of carbonyl (C=O) groups excluding carboxylic acids is 1. The minimum absolute atomic E-state index is 0.168. The number of fused-ring (bicyclic) bond motifs is 2. The molecule has 0 radical (unpaired) electrons. The van der Waals surface area contributed by atoms with Gasteiger partial charge in [-0.15, -0.1) is 8.78 Å². The van der Waals surface area contributed by atoms with Crippen LogP contribution in [0.4, 0.5) is 13.2 Å². The number of nitrogens with one attached hydrogen (secondary N) is 1. The zero-order valence-corrected chi connectivity index (χ0v) is 27.2. The fraction of sp³-hybridized carbons (Fsp3) is 0.286. The first kappa shape index (κ1) is 32.7. The number of benzene rings is 3. The average Bonchev–Trinajstić information content (AvgIpc) is 3.74. The molecule has 14 heteroatoms. The van der Waals surface area contributed by atoms with Gasteiger partial charge in [-0.3, -0.25) is 9.48 Å². The normalized spacial score (nSPS) is 16.4. The Morgan fingerprint density at radius 1 is 1.12 bits per heavy atom. The lowest BCUT2D eigenvalue weighted by Crippen LogP contribution is -2.42. The standard InChI is InChI=1S/C35H30ClF3N4O6/c1-33(2,45)23-15-26(41-30(28(23)37)22-11-12-24-31(27(22)36)49-35(38,39)48-24)34(46,20-7-5-4-6-8-20)17-40-32(44)18-13-19-16-43(21-9-10-21)42-29(19)25(14-18)47-3/h4-8,11-16,21,45-46H,9-10,17H2,1-3H3,(H,40,44)/t34-/m1/s1. The second-order valence-electron chi connectivity index (χ2n) is 12.6. The van der Waals surface area contributed by atoms with E-state index in [-0.39, 0.29) is 33.7 Å². The van der Waals surface area contributed by atoms with Crippen molar-refractivity contribution < 1.29 is 42.4 Å². The number of alkyl halides is 2. The number of ether oxygens (including phenoxy) is 3. The van der Waals surface area contributed by atoms with Crippen LogP contribution in [0.1, 0.15) is 59.9 Å². The van der Waals surface area contributed by atoms with Crippen LogP contribution in [-0.2, 0) is 11.2 Å². The zero-order chi connectivity index (χ0) is 34.9. The number of hydrogen-bond donors (Lipinski definition) is 3. The Kier molecular flexibility index (Phi) is 7.77. The molecule has 3 aromatic carbocycles. The minimum Gasteiger partial charge on any atom is -0.494 e. The van der Waals surface area contributed by atoms with E-state index >= 15 is 4.39 Å². The van der Waals surface area contributed by atoms with Gasteiger partial charge in [0.1, 0.15) is 22.6 Å². The monoisotopic (exact) mass is 694 g/mol. The maximum absolute atomic E-state index is 16.2. The highest BCUT2D eigenvalue weighted by atomic mass is 35.5. The van der Waals surface area contributed by atoms with Gasteiger partial charge in [-0.25, -0.2) is 9.37 Å². The van der Waals surface area contributed by atoms with Crippen LogP contribution in [0.15, 0.2) is 66.9 Å². The molecule has 49 heavy (non-hydrogen) atoms. The summed E-state index contributed by atoms with van der Waals surface area (Å²) in [6.45, 7) is 2.21. The van der Waals surface area contributed by atoms with Gasteiger partial charge in [0.15, 0.2) is 17.3 Å². The zero-order valence-electron chi connectivity index (χ0n) is 26.4. The van der Waals surface area contributed by atoms with Crippen molar-refractivity contribution in [2.75, 3.05) is 13.7 Å². The van der Waals surface area contributed by atoms with Crippen molar-refractivity contribution in [2.24, 2.45) is 0 Å². The first-order valence-electron chi connectivity index (χ1n) is 15.3. The van der Waals surface area contributed by atoms with Gasteiger partial charge in [0, 0.05) is 28.3 Å². The van der Waals surface area contributed by atoms with Crippen LogP contribution in [0.2, 0.25) is 5.02 Å². The molecular formula is C35H30ClF3N4O6. The summed E-state index contributed by atoms with van der Waals surface area (Å²) in [4.78, 5) is 18.1. The highest BCUT2D eigenvalue weighted by Gasteiger charge is 2.45. The fourth-order valence-corrected chi connectivity index (χ4v) is 6.11. The molecule has 1 aliphatic carbocycles. The Balaban J connectivity index is 1.31. The summed E-state index contributed by atoms with van der Waals surface area (Å²) in [5, 5.41) is 31.1. The van der Waals surface area contributed by atoms with Crippen LogP contribution in [-0.4, -0.2) is 50.8 Å². The molecule has 0 bridgehead atoms. The second-order valence-corrected chi connectivity index (χ2v) is 12.9. The largest absolute Gasteiger partial charge is 0.586 e. The van der Waals surface area contributed by atoms with Crippen LogP contribution in [0.3, 0.4) is 0 Å². The SMILES string of the molecule is COc1cc(C(=O)NC[C@@](O)(c2ccccc2)c2cc(C(C)(C)O)c(F)c(-c3ccc4c(c3Cl)OC(F)(F)O4)n2)cc2cn(C3CC3)nc12. The maximum atomic E-state index is 16.2. The number of hydrogen-bond acceptors (Lipinski definition) is 8. The molecule has 0 saturated heterocycles. The molecular weight excluding hydrogens is 665 g/mol. The summed E-state index contributed by atoms with van der Waals surface area (Å²) in [5.41, 5.74) is -3.89. The number of nitrogens with zero attached hydrogens (tertiary/aromatic N) is 3. The number of methoxy groups -OCH3 is 1. The number of amides is 1. The van der Waals surface area contributed by atoms with E-state index < -0.39 is 52.2 Å². The summed E-state index contributed by atoms with van der Waals surface area (Å²) >= 11 is 6.45. The second kappa shape index (κ2) is 11.6. The van der Waals surface area contributed by atoms with Crippen molar-refractivity contribution >= 4 is 28.4 Å². The first-order chi connectivity index (χ1) is 23.2. The van der Waals surface area contributed by atoms with Gasteiger partial charge in [0.25, 0.3) is 5.91 Å². The minimum atomic E-state index is -3.99. The molecule has 3 heterocycles. The third kappa shape index (κ3) is 5.91. The summed E-state index contributed by atoms with van der Waals surface area (Å²) in [7, 11) is 1.48. The van der Waals surface area contributed by atoms with E-state index in [0.717, 1.165) is 18.9 Å². The Bertz CT molecular complexity index is 2120. The molecule has 10 nitrogen and oxygen atoms in total. The van der Waals surface area contributed by atoms with Crippen LogP contribution in [0.25, 0.3) is 22.2 Å². The topological polar surface area (TPSA) is 128 Å². The number of aromatic nitrogens is 3. The van der Waals surface area contributed by atoms with E-state index in [1.54, 1.807) is 42.5 Å². The van der Waals surface area contributed by atoms with E-state index in [0.29, 0.717) is 22.7 Å². The van der Waals surface area contributed by atoms with Crippen LogP contribution >= 0.6 is 11.6 Å². The molecule has 1 aliphatic heterocycles. The number of aliphatic hydroxyl groups is 2. The predicted octanol–water partition coefficient (Wildman–Crippen LogP) is 6.45. The molecule has 254 valence electrons. The molecule has 7 rings (SSSR count). The average molecular weight is 695 g/mol. The molecule has 5 aromatic rings. The molecule has 0 unspecified atom stereocenters. The Morgan fingerprint density at radius 2 is 1.86 bits per heavy atom. The number of carbonyl (C=O) groups is 1. The van der Waals surface area contributed by atoms with Crippen molar-refractivity contribution in [3.05, 3.63) is 100 Å². The van der Waals surface area contributed by atoms with Crippen molar-refractivity contribution in [1.82, 2.24) is 20.1 Å². The molecule has 1 saturated carbocycles. The molecule has 2 aromatic heterocycles.